The van der Waals surface area contributed by atoms with Gasteiger partial charge in [-0.2, -0.15) is 0 Å². The molecule has 2 heterocycles. The summed E-state index contributed by atoms with van der Waals surface area (Å²) in [5.41, 5.74) is 1.75. The average molecular weight is 344 g/mol. The summed E-state index contributed by atoms with van der Waals surface area (Å²) in [5, 5.41) is 6.84. The van der Waals surface area contributed by atoms with Crippen LogP contribution >= 0.6 is 0 Å². The van der Waals surface area contributed by atoms with Crippen LogP contribution in [0.1, 0.15) is 21.8 Å². The van der Waals surface area contributed by atoms with Crippen LogP contribution in [-0.2, 0) is 20.9 Å². The van der Waals surface area contributed by atoms with Crippen molar-refractivity contribution in [2.75, 3.05) is 19.0 Å². The number of ether oxygens (including phenoxy) is 2. The first-order chi connectivity index (χ1) is 12.1. The van der Waals surface area contributed by atoms with Gasteiger partial charge in [0, 0.05) is 24.1 Å². The summed E-state index contributed by atoms with van der Waals surface area (Å²) in [6.07, 6.45) is 0. The number of aryl methyl sites for hydroxylation is 1. The molecule has 1 aromatic carbocycles. The van der Waals surface area contributed by atoms with Crippen molar-refractivity contribution < 1.29 is 28.0 Å². The Morgan fingerprint density at radius 1 is 1.28 bits per heavy atom. The molecule has 1 amide bonds. The Hall–Kier alpha value is -3.13. The second-order valence-corrected chi connectivity index (χ2v) is 5.30. The van der Waals surface area contributed by atoms with Gasteiger partial charge in [0.15, 0.2) is 6.61 Å². The van der Waals surface area contributed by atoms with Gasteiger partial charge in [-0.1, -0.05) is 23.4 Å². The maximum atomic E-state index is 12.3. The van der Waals surface area contributed by atoms with Gasteiger partial charge in [0.1, 0.15) is 5.58 Å². The maximum absolute atomic E-state index is 12.3. The molecular formula is C17H16N2O6. The molecular weight excluding hydrogens is 328 g/mol. The van der Waals surface area contributed by atoms with Gasteiger partial charge in [-0.3, -0.25) is 10.1 Å². The van der Waals surface area contributed by atoms with Crippen molar-refractivity contribution in [2.45, 2.75) is 13.5 Å². The highest BCUT2D eigenvalue weighted by Crippen LogP contribution is 2.27. The maximum Gasteiger partial charge on any atom is 0.375 e. The minimum absolute atomic E-state index is 0.0198. The predicted octanol–water partition coefficient (Wildman–Crippen LogP) is 2.67. The normalized spacial score (nSPS) is 10.8. The van der Waals surface area contributed by atoms with E-state index in [0.717, 1.165) is 5.39 Å². The van der Waals surface area contributed by atoms with Gasteiger partial charge in [-0.15, -0.1) is 0 Å². The summed E-state index contributed by atoms with van der Waals surface area (Å²) in [4.78, 5) is 24.1. The molecule has 0 saturated carbocycles. The molecule has 0 aliphatic carbocycles. The van der Waals surface area contributed by atoms with E-state index >= 15 is 0 Å². The molecule has 0 bridgehead atoms. The molecule has 8 heteroatoms. The molecule has 1 N–H and O–H groups in total. The number of benzene rings is 1. The van der Waals surface area contributed by atoms with Crippen molar-refractivity contribution in [1.29, 1.82) is 0 Å². The zero-order valence-corrected chi connectivity index (χ0v) is 13.7. The third kappa shape index (κ3) is 3.69. The van der Waals surface area contributed by atoms with Crippen molar-refractivity contribution in [1.82, 2.24) is 5.16 Å². The average Bonchev–Trinajstić information content (AvgIpc) is 3.17. The third-order valence-corrected chi connectivity index (χ3v) is 3.40. The number of esters is 1. The zero-order chi connectivity index (χ0) is 17.8. The fourth-order valence-corrected chi connectivity index (χ4v) is 2.34. The van der Waals surface area contributed by atoms with E-state index in [4.69, 9.17) is 18.4 Å². The monoisotopic (exact) mass is 344 g/mol. The zero-order valence-electron chi connectivity index (χ0n) is 13.7. The van der Waals surface area contributed by atoms with E-state index in [0.29, 0.717) is 16.8 Å². The van der Waals surface area contributed by atoms with Gasteiger partial charge >= 0.3 is 5.97 Å². The summed E-state index contributed by atoms with van der Waals surface area (Å²) in [6.45, 7) is 1.42. The third-order valence-electron chi connectivity index (χ3n) is 3.40. The first-order valence-electron chi connectivity index (χ1n) is 7.48. The topological polar surface area (TPSA) is 104 Å². The van der Waals surface area contributed by atoms with Crippen molar-refractivity contribution >= 4 is 28.7 Å². The Kier molecular flexibility index (Phi) is 4.80. The molecule has 25 heavy (non-hydrogen) atoms. The van der Waals surface area contributed by atoms with Crippen LogP contribution in [0, 0.1) is 6.92 Å². The van der Waals surface area contributed by atoms with Crippen LogP contribution in [0.5, 0.6) is 0 Å². The number of hydrogen-bond donors (Lipinski definition) is 1. The lowest BCUT2D eigenvalue weighted by atomic mass is 10.1. The summed E-state index contributed by atoms with van der Waals surface area (Å²) >= 11 is 0. The standard InChI is InChI=1S/C17H16N2O6/c1-10-7-15(25-19-10)18-14(20)9-23-17(21)16-12(8-22-2)11-5-3-4-6-13(11)24-16/h3-7H,8-9H2,1-2H3,(H,18,20). The fourth-order valence-electron chi connectivity index (χ4n) is 2.34. The number of carbonyl (C=O) groups is 2. The molecule has 8 nitrogen and oxygen atoms in total. The second kappa shape index (κ2) is 7.18. The highest BCUT2D eigenvalue weighted by molar-refractivity contribution is 5.98. The van der Waals surface area contributed by atoms with Crippen molar-refractivity contribution in [2.24, 2.45) is 0 Å². The van der Waals surface area contributed by atoms with E-state index in [2.05, 4.69) is 10.5 Å². The van der Waals surface area contributed by atoms with Crippen LogP contribution in [0.3, 0.4) is 0 Å². The van der Waals surface area contributed by atoms with Gasteiger partial charge in [-0.25, -0.2) is 4.79 Å². The molecule has 0 aliphatic heterocycles. The van der Waals surface area contributed by atoms with E-state index in [1.54, 1.807) is 25.1 Å². The second-order valence-electron chi connectivity index (χ2n) is 5.30. The predicted molar refractivity (Wildman–Crippen MR) is 87.1 cm³/mol. The number of para-hydroxylation sites is 1. The van der Waals surface area contributed by atoms with E-state index in [1.165, 1.54) is 7.11 Å². The quantitative estimate of drug-likeness (QED) is 0.686. The van der Waals surface area contributed by atoms with Crippen LogP contribution in [-0.4, -0.2) is 30.7 Å². The van der Waals surface area contributed by atoms with Crippen LogP contribution in [0.25, 0.3) is 11.0 Å². The van der Waals surface area contributed by atoms with Crippen molar-refractivity contribution in [3.8, 4) is 0 Å². The molecule has 0 saturated heterocycles. The van der Waals surface area contributed by atoms with Crippen molar-refractivity contribution in [3.05, 3.63) is 47.3 Å². The van der Waals surface area contributed by atoms with Crippen LogP contribution in [0.4, 0.5) is 5.88 Å². The number of nitrogens with one attached hydrogen (secondary N) is 1. The van der Waals surface area contributed by atoms with Crippen LogP contribution in [0.15, 0.2) is 39.3 Å². The Bertz CT molecular complexity index is 911. The SMILES string of the molecule is COCc1c(C(=O)OCC(=O)Nc2cc(C)no2)oc2ccccc12. The fraction of sp³-hybridized carbons (Fsp3) is 0.235. The molecule has 130 valence electrons. The molecule has 2 aromatic heterocycles. The Balaban J connectivity index is 1.69. The number of aromatic nitrogens is 1. The smallest absolute Gasteiger partial charge is 0.375 e. The lowest BCUT2D eigenvalue weighted by molar-refractivity contribution is -0.119. The summed E-state index contributed by atoms with van der Waals surface area (Å²) in [6, 6.07) is 8.74. The molecule has 0 unspecified atom stereocenters. The lowest BCUT2D eigenvalue weighted by Gasteiger charge is -2.04. The highest BCUT2D eigenvalue weighted by atomic mass is 16.5. The number of nitrogens with zero attached hydrogens (tertiary/aromatic N) is 1. The summed E-state index contributed by atoms with van der Waals surface area (Å²) in [7, 11) is 1.52. The molecule has 0 spiro atoms. The van der Waals surface area contributed by atoms with E-state index < -0.39 is 18.5 Å². The Labute approximate surface area is 142 Å². The number of hydrogen-bond acceptors (Lipinski definition) is 7. The Morgan fingerprint density at radius 2 is 2.08 bits per heavy atom. The number of fused-ring (bicyclic) bond motifs is 1. The number of amides is 1. The van der Waals surface area contributed by atoms with E-state index in [9.17, 15) is 9.59 Å². The first kappa shape index (κ1) is 16.7. The largest absolute Gasteiger partial charge is 0.450 e. The summed E-state index contributed by atoms with van der Waals surface area (Å²) in [5.74, 6) is -1.09. The molecule has 0 radical (unpaired) electrons. The minimum atomic E-state index is -0.743. The van der Waals surface area contributed by atoms with Gasteiger partial charge in [0.05, 0.1) is 12.3 Å². The molecule has 3 aromatic rings. The number of carbonyl (C=O) groups excluding carboxylic acids is 2. The summed E-state index contributed by atoms with van der Waals surface area (Å²) < 4.78 is 20.6. The van der Waals surface area contributed by atoms with E-state index in [1.807, 2.05) is 12.1 Å². The minimum Gasteiger partial charge on any atom is -0.450 e. The van der Waals surface area contributed by atoms with Crippen molar-refractivity contribution in [3.63, 3.8) is 0 Å². The van der Waals surface area contributed by atoms with Gasteiger partial charge < -0.3 is 18.4 Å². The number of methoxy groups -OCH3 is 1. The number of furan rings is 1. The molecule has 3 rings (SSSR count). The Morgan fingerprint density at radius 3 is 2.80 bits per heavy atom. The van der Waals surface area contributed by atoms with Crippen LogP contribution < -0.4 is 5.32 Å². The number of rotatable bonds is 6. The highest BCUT2D eigenvalue weighted by Gasteiger charge is 2.22. The van der Waals surface area contributed by atoms with Crippen LogP contribution in [0.2, 0.25) is 0 Å². The van der Waals surface area contributed by atoms with E-state index in [-0.39, 0.29) is 18.3 Å². The first-order valence-corrected chi connectivity index (χ1v) is 7.48. The molecule has 0 atom stereocenters. The van der Waals surface area contributed by atoms with Gasteiger partial charge in [0.2, 0.25) is 11.6 Å². The number of anilines is 1. The van der Waals surface area contributed by atoms with Gasteiger partial charge in [0.25, 0.3) is 5.91 Å². The molecule has 0 fully saturated rings. The van der Waals surface area contributed by atoms with Gasteiger partial charge in [-0.05, 0) is 13.0 Å². The molecule has 0 aliphatic rings. The lowest BCUT2D eigenvalue weighted by Crippen LogP contribution is -2.21.